The van der Waals surface area contributed by atoms with Crippen LogP contribution >= 0.6 is 11.8 Å². The number of aromatic nitrogens is 2. The van der Waals surface area contributed by atoms with Crippen LogP contribution in [0.1, 0.15) is 80.6 Å². The number of nitriles is 1. The van der Waals surface area contributed by atoms with Crippen LogP contribution in [-0.4, -0.2) is 94.1 Å². The van der Waals surface area contributed by atoms with E-state index in [0.717, 1.165) is 11.8 Å². The second-order valence-electron chi connectivity index (χ2n) is 15.1. The minimum absolute atomic E-state index is 0.0390. The molecule has 2 amide bonds. The summed E-state index contributed by atoms with van der Waals surface area (Å²) in [4.78, 5) is 43.9. The second kappa shape index (κ2) is 15.8. The highest BCUT2D eigenvalue weighted by molar-refractivity contribution is 7.99. The molecule has 1 saturated heterocycles. The molecule has 0 aliphatic carbocycles. The molecule has 2 bridgehead atoms. The molecule has 15 nitrogen and oxygen atoms in total. The normalized spacial score (nSPS) is 22.6. The van der Waals surface area contributed by atoms with E-state index in [4.69, 9.17) is 23.7 Å². The van der Waals surface area contributed by atoms with Gasteiger partial charge in [-0.05, 0) is 56.3 Å². The Morgan fingerprint density at radius 1 is 1.10 bits per heavy atom. The summed E-state index contributed by atoms with van der Waals surface area (Å²) in [6.07, 6.45) is -5.35. The van der Waals surface area contributed by atoms with Gasteiger partial charge in [-0.1, -0.05) is 31.2 Å². The molecule has 1 unspecified atom stereocenters. The Kier molecular flexibility index (Phi) is 10.8. The van der Waals surface area contributed by atoms with E-state index in [0.29, 0.717) is 50.4 Å². The first-order chi connectivity index (χ1) is 29.1. The number of rotatable bonds is 8. The Bertz CT molecular complexity index is 2490. The van der Waals surface area contributed by atoms with Gasteiger partial charge in [-0.3, -0.25) is 24.7 Å². The highest BCUT2D eigenvalue weighted by atomic mass is 32.2. The van der Waals surface area contributed by atoms with Crippen LogP contribution in [0.15, 0.2) is 42.6 Å². The lowest BCUT2D eigenvalue weighted by molar-refractivity contribution is -0.143. The molecule has 0 radical (unpaired) electrons. The van der Waals surface area contributed by atoms with Gasteiger partial charge < -0.3 is 28.8 Å². The smallest absolute Gasteiger partial charge is 0.434 e. The van der Waals surface area contributed by atoms with Crippen LogP contribution in [0.3, 0.4) is 0 Å². The summed E-state index contributed by atoms with van der Waals surface area (Å²) >= 11 is 1.52. The zero-order valence-corrected chi connectivity index (χ0v) is 34.6. The number of carbonyl (C=O) groups excluding carboxylic acids is 3. The van der Waals surface area contributed by atoms with Crippen molar-refractivity contribution in [2.45, 2.75) is 75.8 Å². The number of ether oxygens (including phenoxy) is 5. The molecular weight excluding hydrogens is 822 g/mol. The van der Waals surface area contributed by atoms with Gasteiger partial charge >= 0.3 is 18.2 Å². The number of nitrogens with zero attached hydrogens (tertiary/aromatic N) is 5. The van der Waals surface area contributed by atoms with Crippen molar-refractivity contribution in [3.63, 3.8) is 0 Å². The molecule has 4 aliphatic heterocycles. The molecule has 6 atom stereocenters. The van der Waals surface area contributed by atoms with Crippen molar-refractivity contribution in [3.8, 4) is 40.5 Å². The third kappa shape index (κ3) is 6.77. The summed E-state index contributed by atoms with van der Waals surface area (Å²) < 4.78 is 73.4. The fraction of sp³-hybridized carbons (Fsp3) is 0.405. The van der Waals surface area contributed by atoms with Crippen LogP contribution in [0.25, 0.3) is 5.69 Å². The fourth-order valence-electron chi connectivity index (χ4n) is 9.52. The molecule has 1 aromatic heterocycles. The molecule has 61 heavy (non-hydrogen) atoms. The molecular formula is C42H41F3N6O9S. The number of nitrogens with one attached hydrogen (secondary N) is 1. The van der Waals surface area contributed by atoms with E-state index >= 15 is 0 Å². The van der Waals surface area contributed by atoms with Crippen LogP contribution in [-0.2, 0) is 22.1 Å². The molecule has 8 rings (SSSR count). The molecule has 5 heterocycles. The van der Waals surface area contributed by atoms with Crippen molar-refractivity contribution in [2.75, 3.05) is 33.3 Å². The molecule has 4 aliphatic rings. The Balaban J connectivity index is 1.25. The zero-order chi connectivity index (χ0) is 43.7. The van der Waals surface area contributed by atoms with Gasteiger partial charge in [0.15, 0.2) is 28.7 Å². The summed E-state index contributed by atoms with van der Waals surface area (Å²) in [6.45, 7) is 6.02. The lowest BCUT2D eigenvalue weighted by Gasteiger charge is -2.61. The van der Waals surface area contributed by atoms with E-state index in [-0.39, 0.29) is 35.5 Å². The third-order valence-corrected chi connectivity index (χ3v) is 13.0. The molecule has 320 valence electrons. The number of imide groups is 1. The molecule has 3 aromatic carbocycles. The Morgan fingerprint density at radius 3 is 2.48 bits per heavy atom. The van der Waals surface area contributed by atoms with E-state index in [9.17, 15) is 37.9 Å². The topological polar surface area (TPSA) is 178 Å². The minimum atomic E-state index is -5.04. The lowest BCUT2D eigenvalue weighted by atomic mass is 9.71. The maximum absolute atomic E-state index is 14.5. The standard InChI is InChI=1S/C42H41F3N6O9S/c1-7-61-38-30-29(37-36(58-18-59-37)20(3)35(30)60-21(4)52)27(17-57-41(55)48-40(54)24-16-47-51(39(24)42(43,44)45)23-11-9-8-10-12-23)50-26(15-46)25-14-22-13-19(2)34(56-6)33(53)28(22)31(32(38)50)49(25)5/h8-13,16,25-27,31-32,38,53H,7,14,17-18H2,1-6H3,(H,48,54,55)/t25-,26+,27+,31?,32-,38-/m1/s1. The molecule has 0 saturated carbocycles. The monoisotopic (exact) mass is 862 g/mol. The van der Waals surface area contributed by atoms with Crippen LogP contribution in [0.4, 0.5) is 18.0 Å². The molecule has 4 aromatic rings. The number of alkyl halides is 3. The minimum Gasteiger partial charge on any atom is -0.504 e. The SMILES string of the molecule is CCS[C@@H]1c2c(OC(C)=O)c(C)c3c(c2[C@H](COC(=O)NC(=O)c2cnn(-c4ccccc4)c2C(F)(F)F)N2[C@@H]1C1c4c(cc(C)c(OC)c4O)C[C@H]([C@@H]2C#N)N1C)OCO3. The van der Waals surface area contributed by atoms with Gasteiger partial charge in [0, 0.05) is 41.3 Å². The van der Waals surface area contributed by atoms with Crippen LogP contribution in [0.5, 0.6) is 28.7 Å². The van der Waals surface area contributed by atoms with Gasteiger partial charge in [0.05, 0.1) is 48.0 Å². The number of thioether (sulfide) groups is 1. The van der Waals surface area contributed by atoms with E-state index in [2.05, 4.69) is 16.1 Å². The Labute approximate surface area is 352 Å². The first-order valence-electron chi connectivity index (χ1n) is 19.4. The molecule has 19 heteroatoms. The molecule has 1 fully saturated rings. The number of carbonyl (C=O) groups is 3. The predicted octanol–water partition coefficient (Wildman–Crippen LogP) is 6.47. The number of phenols is 1. The van der Waals surface area contributed by atoms with Crippen LogP contribution in [0, 0.1) is 25.2 Å². The van der Waals surface area contributed by atoms with E-state index < -0.39 is 77.5 Å². The number of esters is 1. The van der Waals surface area contributed by atoms with Crippen molar-refractivity contribution in [3.05, 3.63) is 87.2 Å². The number of alkyl carbamates (subject to hydrolysis) is 1. The van der Waals surface area contributed by atoms with Crippen LogP contribution < -0.4 is 24.3 Å². The number of hydrogen-bond acceptors (Lipinski definition) is 14. The lowest BCUT2D eigenvalue weighted by Crippen LogP contribution is -2.69. The first-order valence-corrected chi connectivity index (χ1v) is 20.4. The third-order valence-electron chi connectivity index (χ3n) is 11.8. The number of phenolic OH excluding ortho intramolecular Hbond substituents is 1. The number of amides is 2. The number of benzene rings is 3. The van der Waals surface area contributed by atoms with Crippen molar-refractivity contribution in [2.24, 2.45) is 0 Å². The van der Waals surface area contributed by atoms with Gasteiger partial charge in [-0.15, -0.1) is 0 Å². The largest absolute Gasteiger partial charge is 0.504 e. The number of fused-ring (bicyclic) bond motifs is 9. The number of likely N-dealkylation sites (N-methyl/N-ethyl adjacent to an activating group) is 1. The number of methoxy groups -OCH3 is 1. The zero-order valence-electron chi connectivity index (χ0n) is 33.8. The Morgan fingerprint density at radius 2 is 1.82 bits per heavy atom. The quantitative estimate of drug-likeness (QED) is 0.146. The van der Waals surface area contributed by atoms with E-state index in [1.165, 1.54) is 50.1 Å². The average molecular weight is 863 g/mol. The molecule has 2 N–H and O–H groups in total. The highest BCUT2D eigenvalue weighted by Gasteiger charge is 2.60. The first kappa shape index (κ1) is 41.8. The van der Waals surface area contributed by atoms with Gasteiger partial charge in [-0.25, -0.2) is 9.48 Å². The van der Waals surface area contributed by atoms with Crippen molar-refractivity contribution < 1.29 is 56.3 Å². The van der Waals surface area contributed by atoms with E-state index in [1.807, 2.05) is 37.2 Å². The van der Waals surface area contributed by atoms with Crippen molar-refractivity contribution in [1.82, 2.24) is 24.9 Å². The number of halogens is 3. The number of piperazine rings is 1. The fourth-order valence-corrected chi connectivity index (χ4v) is 10.8. The van der Waals surface area contributed by atoms with Crippen molar-refractivity contribution in [1.29, 1.82) is 5.26 Å². The highest BCUT2D eigenvalue weighted by Crippen LogP contribution is 2.63. The maximum atomic E-state index is 14.5. The Hall–Kier alpha value is -5.97. The summed E-state index contributed by atoms with van der Waals surface area (Å²) in [5.74, 6) is -0.499. The summed E-state index contributed by atoms with van der Waals surface area (Å²) in [6, 6.07) is 8.17. The van der Waals surface area contributed by atoms with Gasteiger partial charge in [-0.2, -0.15) is 35.3 Å². The number of aryl methyl sites for hydroxylation is 1. The van der Waals surface area contributed by atoms with Gasteiger partial charge in [0.2, 0.25) is 6.79 Å². The average Bonchev–Trinajstić information content (AvgIpc) is 3.89. The van der Waals surface area contributed by atoms with Gasteiger partial charge in [0.25, 0.3) is 5.91 Å². The molecule has 0 spiro atoms. The summed E-state index contributed by atoms with van der Waals surface area (Å²) in [5, 5.41) is 28.2. The number of para-hydroxylation sites is 1. The van der Waals surface area contributed by atoms with Crippen molar-refractivity contribution >= 4 is 29.7 Å². The predicted molar refractivity (Wildman–Crippen MR) is 212 cm³/mol. The number of hydrogen-bond donors (Lipinski definition) is 2. The summed E-state index contributed by atoms with van der Waals surface area (Å²) in [7, 11) is 3.35. The maximum Gasteiger partial charge on any atom is 0.434 e. The second-order valence-corrected chi connectivity index (χ2v) is 16.5. The van der Waals surface area contributed by atoms with Crippen LogP contribution in [0.2, 0.25) is 0 Å². The number of aromatic hydroxyl groups is 1. The summed E-state index contributed by atoms with van der Waals surface area (Å²) in [5.41, 5.74) is 1.25. The van der Waals surface area contributed by atoms with Gasteiger partial charge in [0.1, 0.15) is 18.4 Å². The van der Waals surface area contributed by atoms with E-state index in [1.54, 1.807) is 13.0 Å².